The lowest BCUT2D eigenvalue weighted by molar-refractivity contribution is -0.156. The molecule has 0 aliphatic heterocycles. The molecule has 0 saturated heterocycles. The SMILES string of the molecule is CC(O)(CC1=C(Cl)C(=O)c2ccccc2C1=O)C(=O)O. The monoisotopic (exact) mass is 294 g/mol. The van der Waals surface area contributed by atoms with Crippen LogP contribution in [0.15, 0.2) is 34.9 Å². The first kappa shape index (κ1) is 14.4. The summed E-state index contributed by atoms with van der Waals surface area (Å²) in [6.45, 7) is 1.05. The number of hydrogen-bond donors (Lipinski definition) is 2. The Morgan fingerprint density at radius 3 is 2.20 bits per heavy atom. The number of carboxylic acid groups (broad SMARTS) is 1. The molecule has 0 saturated carbocycles. The van der Waals surface area contributed by atoms with Gasteiger partial charge in [-0.1, -0.05) is 35.9 Å². The molecular weight excluding hydrogens is 284 g/mol. The lowest BCUT2D eigenvalue weighted by atomic mass is 9.84. The third-order valence-electron chi connectivity index (χ3n) is 3.14. The summed E-state index contributed by atoms with van der Waals surface area (Å²) in [4.78, 5) is 35.3. The highest BCUT2D eigenvalue weighted by atomic mass is 35.5. The molecule has 20 heavy (non-hydrogen) atoms. The molecule has 1 aliphatic rings. The molecule has 2 N–H and O–H groups in total. The predicted molar refractivity (Wildman–Crippen MR) is 70.9 cm³/mol. The number of aliphatic carboxylic acids is 1. The van der Waals surface area contributed by atoms with Gasteiger partial charge in [0, 0.05) is 23.1 Å². The van der Waals surface area contributed by atoms with E-state index in [2.05, 4.69) is 0 Å². The van der Waals surface area contributed by atoms with Crippen molar-refractivity contribution in [3.63, 3.8) is 0 Å². The van der Waals surface area contributed by atoms with E-state index in [0.717, 1.165) is 6.92 Å². The van der Waals surface area contributed by atoms with E-state index < -0.39 is 29.6 Å². The van der Waals surface area contributed by atoms with Crippen LogP contribution in [0.25, 0.3) is 0 Å². The van der Waals surface area contributed by atoms with Crippen molar-refractivity contribution in [2.24, 2.45) is 0 Å². The van der Waals surface area contributed by atoms with Crippen molar-refractivity contribution in [2.45, 2.75) is 18.9 Å². The number of allylic oxidation sites excluding steroid dienone is 1. The number of halogens is 1. The van der Waals surface area contributed by atoms with E-state index in [1.807, 2.05) is 0 Å². The van der Waals surface area contributed by atoms with Gasteiger partial charge in [-0.2, -0.15) is 0 Å². The molecular formula is C14H11ClO5. The molecule has 0 aromatic heterocycles. The number of carbonyl (C=O) groups excluding carboxylic acids is 2. The van der Waals surface area contributed by atoms with Gasteiger partial charge in [0.05, 0.1) is 5.03 Å². The average Bonchev–Trinajstić information content (AvgIpc) is 2.41. The second-order valence-corrected chi connectivity index (χ2v) is 5.13. The van der Waals surface area contributed by atoms with Crippen LogP contribution in [0.1, 0.15) is 34.1 Å². The number of hydrogen-bond acceptors (Lipinski definition) is 4. The van der Waals surface area contributed by atoms with Crippen LogP contribution < -0.4 is 0 Å². The van der Waals surface area contributed by atoms with E-state index in [1.54, 1.807) is 12.1 Å². The van der Waals surface area contributed by atoms with Crippen LogP contribution >= 0.6 is 11.6 Å². The number of benzene rings is 1. The summed E-state index contributed by atoms with van der Waals surface area (Å²) in [5.74, 6) is -2.57. The third-order valence-corrected chi connectivity index (χ3v) is 3.54. The summed E-state index contributed by atoms with van der Waals surface area (Å²) in [6.07, 6.45) is -0.528. The zero-order valence-corrected chi connectivity index (χ0v) is 11.3. The van der Waals surface area contributed by atoms with Gasteiger partial charge >= 0.3 is 5.97 Å². The highest BCUT2D eigenvalue weighted by molar-refractivity contribution is 6.50. The number of carbonyl (C=O) groups is 3. The van der Waals surface area contributed by atoms with Crippen LogP contribution in [0.5, 0.6) is 0 Å². The van der Waals surface area contributed by atoms with E-state index in [4.69, 9.17) is 16.7 Å². The Hall–Kier alpha value is -1.98. The number of aliphatic hydroxyl groups is 1. The van der Waals surface area contributed by atoms with Crippen molar-refractivity contribution in [3.8, 4) is 0 Å². The smallest absolute Gasteiger partial charge is 0.335 e. The van der Waals surface area contributed by atoms with E-state index in [9.17, 15) is 19.5 Å². The normalized spacial score (nSPS) is 17.8. The Morgan fingerprint density at radius 2 is 1.70 bits per heavy atom. The topological polar surface area (TPSA) is 91.7 Å². The number of fused-ring (bicyclic) bond motifs is 1. The van der Waals surface area contributed by atoms with Crippen LogP contribution in [0.3, 0.4) is 0 Å². The van der Waals surface area contributed by atoms with E-state index in [1.165, 1.54) is 12.1 Å². The molecule has 104 valence electrons. The van der Waals surface area contributed by atoms with Crippen molar-refractivity contribution in [1.29, 1.82) is 0 Å². The lowest BCUT2D eigenvalue weighted by Crippen LogP contribution is -2.37. The van der Waals surface area contributed by atoms with Crippen LogP contribution in [0.4, 0.5) is 0 Å². The number of rotatable bonds is 3. The van der Waals surface area contributed by atoms with Gasteiger partial charge in [0.15, 0.2) is 11.4 Å². The van der Waals surface area contributed by atoms with Crippen LogP contribution in [-0.2, 0) is 4.79 Å². The quantitative estimate of drug-likeness (QED) is 0.886. The average molecular weight is 295 g/mol. The standard InChI is InChI=1S/C14H11ClO5/c1-14(20,13(18)19)6-9-10(15)12(17)8-5-3-2-4-7(8)11(9)16/h2-5,20H,6H2,1H3,(H,18,19). The van der Waals surface area contributed by atoms with Crippen molar-refractivity contribution < 1.29 is 24.6 Å². The first-order valence-corrected chi connectivity index (χ1v) is 6.16. The minimum atomic E-state index is -2.17. The summed E-state index contributed by atoms with van der Waals surface area (Å²) in [5, 5.41) is 18.3. The van der Waals surface area contributed by atoms with Gasteiger partial charge in [0.2, 0.25) is 5.78 Å². The van der Waals surface area contributed by atoms with Crippen LogP contribution in [0, 0.1) is 0 Å². The summed E-state index contributed by atoms with van der Waals surface area (Å²) in [6, 6.07) is 6.14. The maximum Gasteiger partial charge on any atom is 0.335 e. The van der Waals surface area contributed by atoms with Crippen molar-refractivity contribution in [3.05, 3.63) is 46.0 Å². The highest BCUT2D eigenvalue weighted by Crippen LogP contribution is 2.32. The molecule has 0 amide bonds. The molecule has 0 heterocycles. The maximum absolute atomic E-state index is 12.3. The van der Waals surface area contributed by atoms with Gasteiger partial charge in [0.1, 0.15) is 0 Å². The van der Waals surface area contributed by atoms with Crippen LogP contribution in [-0.4, -0.2) is 33.3 Å². The van der Waals surface area contributed by atoms with Crippen molar-refractivity contribution in [1.82, 2.24) is 0 Å². The zero-order valence-electron chi connectivity index (χ0n) is 10.5. The largest absolute Gasteiger partial charge is 0.479 e. The number of Topliss-reactive ketones (excluding diaryl/α,β-unsaturated/α-hetero) is 2. The Bertz CT molecular complexity index is 657. The van der Waals surface area contributed by atoms with Gasteiger partial charge in [0.25, 0.3) is 0 Å². The predicted octanol–water partition coefficient (Wildman–Crippen LogP) is 1.78. The second-order valence-electron chi connectivity index (χ2n) is 4.75. The van der Waals surface area contributed by atoms with Gasteiger partial charge in [-0.05, 0) is 6.92 Å². The number of ketones is 2. The molecule has 2 rings (SSSR count). The Balaban J connectivity index is 2.50. The molecule has 1 aromatic rings. The van der Waals surface area contributed by atoms with Gasteiger partial charge < -0.3 is 10.2 Å². The van der Waals surface area contributed by atoms with Gasteiger partial charge in [-0.15, -0.1) is 0 Å². The minimum Gasteiger partial charge on any atom is -0.479 e. The lowest BCUT2D eigenvalue weighted by Gasteiger charge is -2.23. The summed E-state index contributed by atoms with van der Waals surface area (Å²) in [5.41, 5.74) is -2.00. The molecule has 0 radical (unpaired) electrons. The molecule has 1 atom stereocenters. The first-order chi connectivity index (χ1) is 9.25. The van der Waals surface area contributed by atoms with Crippen molar-refractivity contribution in [2.75, 3.05) is 0 Å². The molecule has 1 aromatic carbocycles. The zero-order chi connectivity index (χ0) is 15.1. The first-order valence-electron chi connectivity index (χ1n) is 5.78. The Kier molecular flexibility index (Phi) is 3.50. The summed E-state index contributed by atoms with van der Waals surface area (Å²) >= 11 is 5.87. The van der Waals surface area contributed by atoms with Gasteiger partial charge in [-0.3, -0.25) is 9.59 Å². The third kappa shape index (κ3) is 2.26. The van der Waals surface area contributed by atoms with Crippen molar-refractivity contribution >= 4 is 29.1 Å². The fourth-order valence-corrected chi connectivity index (χ4v) is 2.23. The molecule has 6 heteroatoms. The molecule has 0 spiro atoms. The van der Waals surface area contributed by atoms with E-state index in [-0.39, 0.29) is 21.7 Å². The minimum absolute atomic E-state index is 0.165. The molecule has 1 aliphatic carbocycles. The number of carboxylic acids is 1. The molecule has 1 unspecified atom stereocenters. The fraction of sp³-hybridized carbons (Fsp3) is 0.214. The Morgan fingerprint density at radius 1 is 1.20 bits per heavy atom. The molecule has 0 bridgehead atoms. The van der Waals surface area contributed by atoms with Gasteiger partial charge in [-0.25, -0.2) is 4.79 Å². The molecule has 0 fully saturated rings. The van der Waals surface area contributed by atoms with E-state index in [0.29, 0.717) is 0 Å². The van der Waals surface area contributed by atoms with E-state index >= 15 is 0 Å². The fourth-order valence-electron chi connectivity index (χ4n) is 1.97. The highest BCUT2D eigenvalue weighted by Gasteiger charge is 2.38. The second kappa shape index (κ2) is 4.85. The summed E-state index contributed by atoms with van der Waals surface area (Å²) in [7, 11) is 0. The summed E-state index contributed by atoms with van der Waals surface area (Å²) < 4.78 is 0. The maximum atomic E-state index is 12.3. The Labute approximate surface area is 119 Å². The molecule has 5 nitrogen and oxygen atoms in total. The van der Waals surface area contributed by atoms with Crippen LogP contribution in [0.2, 0.25) is 0 Å².